The predicted molar refractivity (Wildman–Crippen MR) is 56.6 cm³/mol. The summed E-state index contributed by atoms with van der Waals surface area (Å²) in [5.41, 5.74) is 0.267. The van der Waals surface area contributed by atoms with Crippen molar-refractivity contribution in [3.63, 3.8) is 0 Å². The lowest BCUT2D eigenvalue weighted by Gasteiger charge is -2.37. The summed E-state index contributed by atoms with van der Waals surface area (Å²) in [6.07, 6.45) is 3.28. The third-order valence-electron chi connectivity index (χ3n) is 2.84. The average Bonchev–Trinajstić information content (AvgIpc) is 2.10. The highest BCUT2D eigenvalue weighted by Gasteiger charge is 2.34. The van der Waals surface area contributed by atoms with Crippen LogP contribution in [-0.2, 0) is 6.42 Å². The zero-order valence-corrected chi connectivity index (χ0v) is 9.35. The van der Waals surface area contributed by atoms with Crippen LogP contribution in [0.25, 0.3) is 0 Å². The molecule has 1 saturated carbocycles. The van der Waals surface area contributed by atoms with Gasteiger partial charge in [-0.3, -0.25) is 0 Å². The Morgan fingerprint density at radius 2 is 2.14 bits per heavy atom. The third kappa shape index (κ3) is 1.84. The fourth-order valence-corrected chi connectivity index (χ4v) is 2.21. The van der Waals surface area contributed by atoms with Gasteiger partial charge in [0.15, 0.2) is 0 Å². The lowest BCUT2D eigenvalue weighted by Crippen LogP contribution is -2.39. The zero-order valence-electron chi connectivity index (χ0n) is 7.76. The Balaban J connectivity index is 2.20. The van der Waals surface area contributed by atoms with Crippen molar-refractivity contribution in [2.75, 3.05) is 0 Å². The molecule has 0 bridgehead atoms. The Morgan fingerprint density at radius 1 is 1.43 bits per heavy atom. The molecule has 2 rings (SSSR count). The fourth-order valence-electron chi connectivity index (χ4n) is 1.80. The van der Waals surface area contributed by atoms with E-state index in [1.165, 1.54) is 6.07 Å². The van der Waals surface area contributed by atoms with Crippen LogP contribution < -0.4 is 0 Å². The quantitative estimate of drug-likeness (QED) is 0.865. The van der Waals surface area contributed by atoms with E-state index in [9.17, 15) is 9.50 Å². The Kier molecular flexibility index (Phi) is 2.62. The third-order valence-corrected chi connectivity index (χ3v) is 3.72. The summed E-state index contributed by atoms with van der Waals surface area (Å²) in [6.45, 7) is 0. The van der Waals surface area contributed by atoms with E-state index in [1.54, 1.807) is 6.07 Å². The van der Waals surface area contributed by atoms with Gasteiger partial charge in [0.05, 0.1) is 10.1 Å². The van der Waals surface area contributed by atoms with Gasteiger partial charge in [-0.15, -0.1) is 0 Å². The number of hydrogen-bond acceptors (Lipinski definition) is 1. The normalized spacial score (nSPS) is 19.1. The summed E-state index contributed by atoms with van der Waals surface area (Å²) < 4.78 is 13.6. The number of rotatable bonds is 2. The Bertz CT molecular complexity index is 347. The first-order valence-electron chi connectivity index (χ1n) is 4.76. The van der Waals surface area contributed by atoms with Crippen molar-refractivity contribution in [2.24, 2.45) is 0 Å². The lowest BCUT2D eigenvalue weighted by molar-refractivity contribution is -0.0324. The van der Waals surface area contributed by atoms with E-state index < -0.39 is 5.60 Å². The van der Waals surface area contributed by atoms with Crippen LogP contribution in [0.5, 0.6) is 0 Å². The van der Waals surface area contributed by atoms with Crippen molar-refractivity contribution in [1.82, 2.24) is 0 Å². The minimum Gasteiger partial charge on any atom is -0.390 e. The molecule has 0 saturated heterocycles. The second kappa shape index (κ2) is 3.63. The average molecular weight is 259 g/mol. The first-order chi connectivity index (χ1) is 6.61. The van der Waals surface area contributed by atoms with Crippen LogP contribution in [0.15, 0.2) is 22.7 Å². The summed E-state index contributed by atoms with van der Waals surface area (Å²) >= 11 is 3.20. The topological polar surface area (TPSA) is 20.2 Å². The summed E-state index contributed by atoms with van der Waals surface area (Å²) in [5.74, 6) is -0.259. The van der Waals surface area contributed by atoms with Gasteiger partial charge in [0.2, 0.25) is 0 Å². The SMILES string of the molecule is OC1(Cc2cccc(F)c2Br)CCC1. The predicted octanol–water partition coefficient (Wildman–Crippen LogP) is 3.05. The number of halogens is 2. The molecule has 1 aromatic rings. The standard InChI is InChI=1S/C11H12BrFO/c12-10-8(3-1-4-9(10)13)7-11(14)5-2-6-11/h1,3-4,14H,2,5-7H2. The fraction of sp³-hybridized carbons (Fsp3) is 0.455. The second-order valence-electron chi connectivity index (χ2n) is 3.97. The van der Waals surface area contributed by atoms with E-state index in [0.717, 1.165) is 24.8 Å². The number of benzene rings is 1. The molecule has 0 radical (unpaired) electrons. The van der Waals surface area contributed by atoms with Gasteiger partial charge in [0, 0.05) is 6.42 Å². The minimum atomic E-state index is -0.587. The lowest BCUT2D eigenvalue weighted by atomic mass is 9.76. The molecule has 0 unspecified atom stereocenters. The van der Waals surface area contributed by atoms with Gasteiger partial charge in [-0.05, 0) is 46.8 Å². The Morgan fingerprint density at radius 3 is 2.71 bits per heavy atom. The molecule has 3 heteroatoms. The van der Waals surface area contributed by atoms with E-state index in [2.05, 4.69) is 15.9 Å². The zero-order chi connectivity index (χ0) is 10.2. The smallest absolute Gasteiger partial charge is 0.137 e. The van der Waals surface area contributed by atoms with Gasteiger partial charge in [-0.2, -0.15) is 0 Å². The van der Waals surface area contributed by atoms with Gasteiger partial charge >= 0.3 is 0 Å². The summed E-state index contributed by atoms with van der Waals surface area (Å²) in [6, 6.07) is 4.94. The van der Waals surface area contributed by atoms with Gasteiger partial charge < -0.3 is 5.11 Å². The van der Waals surface area contributed by atoms with Crippen molar-refractivity contribution in [2.45, 2.75) is 31.3 Å². The molecule has 0 aliphatic heterocycles. The Hall–Kier alpha value is -0.410. The Labute approximate surface area is 91.1 Å². The molecule has 0 heterocycles. The molecule has 1 fully saturated rings. The molecule has 0 spiro atoms. The largest absolute Gasteiger partial charge is 0.390 e. The maximum absolute atomic E-state index is 13.1. The van der Waals surface area contributed by atoms with Crippen LogP contribution in [0.2, 0.25) is 0 Å². The molecule has 1 aliphatic carbocycles. The van der Waals surface area contributed by atoms with Gasteiger partial charge in [-0.25, -0.2) is 4.39 Å². The van der Waals surface area contributed by atoms with Crippen LogP contribution >= 0.6 is 15.9 Å². The van der Waals surface area contributed by atoms with Crippen molar-refractivity contribution >= 4 is 15.9 Å². The first kappa shape index (κ1) is 10.1. The molecule has 0 aromatic heterocycles. The van der Waals surface area contributed by atoms with E-state index in [1.807, 2.05) is 6.07 Å². The maximum atomic E-state index is 13.1. The summed E-state index contributed by atoms with van der Waals surface area (Å²) in [7, 11) is 0. The summed E-state index contributed by atoms with van der Waals surface area (Å²) in [5, 5.41) is 9.94. The molecule has 0 atom stereocenters. The first-order valence-corrected chi connectivity index (χ1v) is 5.55. The highest BCUT2D eigenvalue weighted by molar-refractivity contribution is 9.10. The molecule has 76 valence electrons. The van der Waals surface area contributed by atoms with E-state index >= 15 is 0 Å². The molecular weight excluding hydrogens is 247 g/mol. The van der Waals surface area contributed by atoms with Gasteiger partial charge in [0.1, 0.15) is 5.82 Å². The molecule has 1 aliphatic rings. The number of hydrogen-bond donors (Lipinski definition) is 1. The van der Waals surface area contributed by atoms with Crippen LogP contribution in [0.3, 0.4) is 0 Å². The second-order valence-corrected chi connectivity index (χ2v) is 4.76. The van der Waals surface area contributed by atoms with Crippen molar-refractivity contribution in [1.29, 1.82) is 0 Å². The van der Waals surface area contributed by atoms with Gasteiger partial charge in [0.25, 0.3) is 0 Å². The van der Waals surface area contributed by atoms with Crippen LogP contribution in [0.4, 0.5) is 4.39 Å². The van der Waals surface area contributed by atoms with Crippen LogP contribution in [-0.4, -0.2) is 10.7 Å². The minimum absolute atomic E-state index is 0.259. The van der Waals surface area contributed by atoms with Crippen molar-refractivity contribution in [3.8, 4) is 0 Å². The number of aliphatic hydroxyl groups is 1. The monoisotopic (exact) mass is 258 g/mol. The van der Waals surface area contributed by atoms with Crippen LogP contribution in [0, 0.1) is 5.82 Å². The van der Waals surface area contributed by atoms with Crippen molar-refractivity contribution in [3.05, 3.63) is 34.1 Å². The highest BCUT2D eigenvalue weighted by atomic mass is 79.9. The van der Waals surface area contributed by atoms with E-state index in [-0.39, 0.29) is 5.82 Å². The molecule has 1 nitrogen and oxygen atoms in total. The summed E-state index contributed by atoms with van der Waals surface area (Å²) in [4.78, 5) is 0. The van der Waals surface area contributed by atoms with E-state index in [4.69, 9.17) is 0 Å². The van der Waals surface area contributed by atoms with Gasteiger partial charge in [-0.1, -0.05) is 12.1 Å². The van der Waals surface area contributed by atoms with E-state index in [0.29, 0.717) is 10.9 Å². The molecule has 1 N–H and O–H groups in total. The molecule has 1 aromatic carbocycles. The maximum Gasteiger partial charge on any atom is 0.137 e. The molecule has 14 heavy (non-hydrogen) atoms. The highest BCUT2D eigenvalue weighted by Crippen LogP contribution is 2.36. The molecular formula is C11H12BrFO. The molecule has 0 amide bonds. The van der Waals surface area contributed by atoms with Crippen LogP contribution in [0.1, 0.15) is 24.8 Å². The van der Waals surface area contributed by atoms with Crippen molar-refractivity contribution < 1.29 is 9.50 Å².